The number of benzene rings is 1. The highest BCUT2D eigenvalue weighted by atomic mass is 32.2. The molecule has 4 nitrogen and oxygen atoms in total. The van der Waals surface area contributed by atoms with E-state index in [-0.39, 0.29) is 13.0 Å². The second-order valence-corrected chi connectivity index (χ2v) is 6.40. The molecular weight excluding hydrogens is 312 g/mol. The van der Waals surface area contributed by atoms with Gasteiger partial charge in [-0.25, -0.2) is 12.8 Å². The molecule has 0 amide bonds. The second kappa shape index (κ2) is 6.61. The van der Waals surface area contributed by atoms with Crippen LogP contribution >= 0.6 is 0 Å². The van der Waals surface area contributed by atoms with Crippen LogP contribution in [0.15, 0.2) is 23.1 Å². The molecular formula is C12H16F4N2O2S. The van der Waals surface area contributed by atoms with Crippen LogP contribution < -0.4 is 5.73 Å². The first-order valence-electron chi connectivity index (χ1n) is 6.20. The summed E-state index contributed by atoms with van der Waals surface area (Å²) in [7, 11) is -4.43. The minimum atomic E-state index is -4.67. The van der Waals surface area contributed by atoms with Gasteiger partial charge in [0.1, 0.15) is 17.3 Å². The Morgan fingerprint density at radius 2 is 1.90 bits per heavy atom. The lowest BCUT2D eigenvalue weighted by molar-refractivity contribution is -0.136. The van der Waals surface area contributed by atoms with Crippen molar-refractivity contribution in [1.29, 1.82) is 0 Å². The molecule has 0 aliphatic heterocycles. The minimum Gasteiger partial charge on any atom is -0.398 e. The average molecular weight is 328 g/mol. The molecule has 120 valence electrons. The summed E-state index contributed by atoms with van der Waals surface area (Å²) < 4.78 is 75.4. The van der Waals surface area contributed by atoms with Crippen LogP contribution in [0.2, 0.25) is 0 Å². The van der Waals surface area contributed by atoms with Crippen LogP contribution in [-0.4, -0.2) is 32.0 Å². The van der Waals surface area contributed by atoms with Gasteiger partial charge in [-0.3, -0.25) is 0 Å². The number of sulfonamides is 1. The van der Waals surface area contributed by atoms with Crippen molar-refractivity contribution >= 4 is 15.7 Å². The SMILES string of the molecule is CCCCN(CC(F)(F)F)S(=O)(=O)c1ccc(F)cc1N. The molecule has 0 aliphatic rings. The zero-order chi connectivity index (χ0) is 16.3. The number of alkyl halides is 3. The van der Waals surface area contributed by atoms with Crippen molar-refractivity contribution in [2.45, 2.75) is 30.8 Å². The Kier molecular flexibility index (Phi) is 5.57. The van der Waals surface area contributed by atoms with E-state index in [0.717, 1.165) is 18.2 Å². The Hall–Kier alpha value is -1.35. The van der Waals surface area contributed by atoms with Gasteiger partial charge in [-0.15, -0.1) is 0 Å². The van der Waals surface area contributed by atoms with Crippen molar-refractivity contribution in [3.63, 3.8) is 0 Å². The molecule has 21 heavy (non-hydrogen) atoms. The molecule has 0 aromatic heterocycles. The van der Waals surface area contributed by atoms with Gasteiger partial charge in [-0.2, -0.15) is 17.5 Å². The molecule has 0 fully saturated rings. The monoisotopic (exact) mass is 328 g/mol. The van der Waals surface area contributed by atoms with Crippen molar-refractivity contribution in [3.05, 3.63) is 24.0 Å². The number of anilines is 1. The van der Waals surface area contributed by atoms with Crippen molar-refractivity contribution in [2.75, 3.05) is 18.8 Å². The van der Waals surface area contributed by atoms with Crippen molar-refractivity contribution in [3.8, 4) is 0 Å². The summed E-state index contributed by atoms with van der Waals surface area (Å²) in [5.41, 5.74) is 4.99. The van der Waals surface area contributed by atoms with Crippen LogP contribution in [0.25, 0.3) is 0 Å². The smallest absolute Gasteiger partial charge is 0.398 e. The van der Waals surface area contributed by atoms with Gasteiger partial charge >= 0.3 is 6.18 Å². The second-order valence-electron chi connectivity index (χ2n) is 4.49. The fraction of sp³-hybridized carbons (Fsp3) is 0.500. The van der Waals surface area contributed by atoms with E-state index < -0.39 is 39.1 Å². The standard InChI is InChI=1S/C12H16F4N2O2S/c1-2-3-6-18(8-12(14,15)16)21(19,20)11-5-4-9(13)7-10(11)17/h4-5,7H,2-3,6,8,17H2,1H3. The summed E-state index contributed by atoms with van der Waals surface area (Å²) >= 11 is 0. The molecule has 0 saturated heterocycles. The molecule has 1 rings (SSSR count). The third kappa shape index (κ3) is 4.85. The van der Waals surface area contributed by atoms with E-state index in [1.54, 1.807) is 6.92 Å². The number of unbranched alkanes of at least 4 members (excludes halogenated alkanes) is 1. The van der Waals surface area contributed by atoms with E-state index in [2.05, 4.69) is 0 Å². The van der Waals surface area contributed by atoms with E-state index in [1.165, 1.54) is 0 Å². The summed E-state index contributed by atoms with van der Waals surface area (Å²) in [4.78, 5) is -0.524. The molecule has 0 aliphatic carbocycles. The minimum absolute atomic E-state index is 0.274. The number of nitrogens with zero attached hydrogens (tertiary/aromatic N) is 1. The van der Waals surface area contributed by atoms with Gasteiger partial charge in [0.25, 0.3) is 0 Å². The van der Waals surface area contributed by atoms with Gasteiger partial charge in [0, 0.05) is 6.54 Å². The molecule has 2 N–H and O–H groups in total. The number of nitrogens with two attached hydrogens (primary N) is 1. The first-order valence-corrected chi connectivity index (χ1v) is 7.64. The third-order valence-corrected chi connectivity index (χ3v) is 4.63. The quantitative estimate of drug-likeness (QED) is 0.645. The number of hydrogen-bond acceptors (Lipinski definition) is 3. The predicted octanol–water partition coefficient (Wildman–Crippen LogP) is 2.76. The van der Waals surface area contributed by atoms with E-state index >= 15 is 0 Å². The highest BCUT2D eigenvalue weighted by Gasteiger charge is 2.37. The Balaban J connectivity index is 3.19. The van der Waals surface area contributed by atoms with Crippen LogP contribution in [-0.2, 0) is 10.0 Å². The summed E-state index contributed by atoms with van der Waals surface area (Å²) in [6.45, 7) is -0.161. The summed E-state index contributed by atoms with van der Waals surface area (Å²) in [5, 5.41) is 0. The molecule has 0 bridgehead atoms. The molecule has 0 unspecified atom stereocenters. The van der Waals surface area contributed by atoms with E-state index in [9.17, 15) is 26.0 Å². The Morgan fingerprint density at radius 1 is 1.29 bits per heavy atom. The lowest BCUT2D eigenvalue weighted by Gasteiger charge is -2.23. The molecule has 0 atom stereocenters. The number of hydrogen-bond donors (Lipinski definition) is 1. The lowest BCUT2D eigenvalue weighted by Crippen LogP contribution is -2.39. The molecule has 9 heteroatoms. The molecule has 1 aromatic rings. The van der Waals surface area contributed by atoms with Crippen molar-refractivity contribution < 1.29 is 26.0 Å². The third-order valence-electron chi connectivity index (χ3n) is 2.71. The van der Waals surface area contributed by atoms with Gasteiger partial charge in [-0.05, 0) is 24.6 Å². The highest BCUT2D eigenvalue weighted by Crippen LogP contribution is 2.26. The molecule has 0 heterocycles. The number of nitrogen functional groups attached to an aromatic ring is 1. The molecule has 0 radical (unpaired) electrons. The molecule has 1 aromatic carbocycles. The predicted molar refractivity (Wildman–Crippen MR) is 70.5 cm³/mol. The van der Waals surface area contributed by atoms with Crippen LogP contribution in [0.1, 0.15) is 19.8 Å². The average Bonchev–Trinajstić information content (AvgIpc) is 2.32. The highest BCUT2D eigenvalue weighted by molar-refractivity contribution is 7.89. The van der Waals surface area contributed by atoms with Gasteiger partial charge in [0.05, 0.1) is 5.69 Å². The zero-order valence-corrected chi connectivity index (χ0v) is 12.1. The fourth-order valence-electron chi connectivity index (χ4n) is 1.71. The Labute approximate surface area is 120 Å². The first kappa shape index (κ1) is 17.7. The summed E-state index contributed by atoms with van der Waals surface area (Å²) in [6.07, 6.45) is -3.87. The van der Waals surface area contributed by atoms with Crippen molar-refractivity contribution in [2.24, 2.45) is 0 Å². The van der Waals surface area contributed by atoms with E-state index in [1.807, 2.05) is 0 Å². The topological polar surface area (TPSA) is 63.4 Å². The maximum absolute atomic E-state index is 12.9. The van der Waals surface area contributed by atoms with E-state index in [0.29, 0.717) is 10.7 Å². The largest absolute Gasteiger partial charge is 0.402 e. The maximum Gasteiger partial charge on any atom is 0.402 e. The summed E-state index contributed by atoms with van der Waals surface area (Å²) in [5.74, 6) is -0.762. The number of rotatable bonds is 6. The Bertz CT molecular complexity index is 587. The lowest BCUT2D eigenvalue weighted by atomic mass is 10.3. The van der Waals surface area contributed by atoms with Crippen LogP contribution in [0.5, 0.6) is 0 Å². The van der Waals surface area contributed by atoms with Gasteiger partial charge in [0.15, 0.2) is 0 Å². The number of halogens is 4. The fourth-order valence-corrected chi connectivity index (χ4v) is 3.27. The van der Waals surface area contributed by atoms with Gasteiger partial charge in [-0.1, -0.05) is 13.3 Å². The van der Waals surface area contributed by atoms with E-state index in [4.69, 9.17) is 5.73 Å². The van der Waals surface area contributed by atoms with Gasteiger partial charge in [0.2, 0.25) is 10.0 Å². The molecule has 0 spiro atoms. The van der Waals surface area contributed by atoms with Crippen LogP contribution in [0, 0.1) is 5.82 Å². The first-order chi connectivity index (χ1) is 9.58. The van der Waals surface area contributed by atoms with Gasteiger partial charge < -0.3 is 5.73 Å². The summed E-state index contributed by atoms with van der Waals surface area (Å²) in [6, 6.07) is 2.47. The van der Waals surface area contributed by atoms with Crippen LogP contribution in [0.3, 0.4) is 0 Å². The maximum atomic E-state index is 12.9. The van der Waals surface area contributed by atoms with Crippen molar-refractivity contribution in [1.82, 2.24) is 4.31 Å². The Morgan fingerprint density at radius 3 is 2.38 bits per heavy atom. The normalized spacial score (nSPS) is 12.9. The van der Waals surface area contributed by atoms with Crippen LogP contribution in [0.4, 0.5) is 23.2 Å². The molecule has 0 saturated carbocycles. The zero-order valence-electron chi connectivity index (χ0n) is 11.3.